The number of rotatable bonds is 6. The molecular weight excluding hydrogens is 457 g/mol. The van der Waals surface area contributed by atoms with Gasteiger partial charge >= 0.3 is 0 Å². The fraction of sp³-hybridized carbons (Fsp3) is 0.300. The summed E-state index contributed by atoms with van der Waals surface area (Å²) in [5, 5.41) is 4.62. The molecule has 2 aromatic rings. The largest absolute Gasteiger partial charge is 0.346 e. The molecule has 0 saturated heterocycles. The van der Waals surface area contributed by atoms with Gasteiger partial charge in [-0.25, -0.2) is 21.6 Å². The Morgan fingerprint density at radius 3 is 2.19 bits per heavy atom. The number of sulfone groups is 1. The molecule has 2 N–H and O–H groups in total. The van der Waals surface area contributed by atoms with Crippen LogP contribution in [0.5, 0.6) is 0 Å². The Balaban J connectivity index is 1.75. The second-order valence-electron chi connectivity index (χ2n) is 7.11. The zero-order valence-corrected chi connectivity index (χ0v) is 17.6. The average Bonchev–Trinajstić information content (AvgIpc) is 3.25. The highest BCUT2D eigenvalue weighted by Crippen LogP contribution is 2.41. The Hall–Kier alpha value is -2.59. The smallest absolute Gasteiger partial charge is 0.243 e. The molecule has 2 amide bonds. The maximum absolute atomic E-state index is 13.7. The third kappa shape index (κ3) is 4.40. The van der Waals surface area contributed by atoms with Crippen molar-refractivity contribution in [3.8, 4) is 0 Å². The SMILES string of the molecule is O=C(CNC(=O)C1(S(=O)(=O)c2ccc(Cl)cc2)CCCC1)Nc1ccc(F)c(F)c1F. The van der Waals surface area contributed by atoms with Crippen LogP contribution in [0.3, 0.4) is 0 Å². The van der Waals surface area contributed by atoms with Gasteiger partial charge in [-0.3, -0.25) is 9.59 Å². The van der Waals surface area contributed by atoms with Crippen molar-refractivity contribution in [3.63, 3.8) is 0 Å². The van der Waals surface area contributed by atoms with Crippen LogP contribution in [0.1, 0.15) is 25.7 Å². The number of carbonyl (C=O) groups excluding carboxylic acids is 2. The number of benzene rings is 2. The summed E-state index contributed by atoms with van der Waals surface area (Å²) in [5.41, 5.74) is -0.609. The van der Waals surface area contributed by atoms with E-state index in [2.05, 4.69) is 5.32 Å². The summed E-state index contributed by atoms with van der Waals surface area (Å²) in [4.78, 5) is 24.9. The van der Waals surface area contributed by atoms with Crippen molar-refractivity contribution in [3.05, 3.63) is 58.9 Å². The van der Waals surface area contributed by atoms with Crippen LogP contribution in [0.2, 0.25) is 5.02 Å². The number of anilines is 1. The number of amides is 2. The molecule has 0 aromatic heterocycles. The van der Waals surface area contributed by atoms with E-state index in [0.29, 0.717) is 23.9 Å². The van der Waals surface area contributed by atoms with Crippen LogP contribution in [0.4, 0.5) is 18.9 Å². The van der Waals surface area contributed by atoms with Crippen LogP contribution in [0.25, 0.3) is 0 Å². The number of carbonyl (C=O) groups is 2. The summed E-state index contributed by atoms with van der Waals surface area (Å²) in [5.74, 6) is -6.55. The third-order valence-electron chi connectivity index (χ3n) is 5.18. The van der Waals surface area contributed by atoms with Crippen molar-refractivity contribution in [2.45, 2.75) is 35.3 Å². The van der Waals surface area contributed by atoms with Gasteiger partial charge in [-0.15, -0.1) is 0 Å². The first-order valence-electron chi connectivity index (χ1n) is 9.30. The molecular formula is C20H18ClF3N2O4S. The molecule has 2 aromatic carbocycles. The minimum atomic E-state index is -4.09. The topological polar surface area (TPSA) is 92.3 Å². The molecule has 1 fully saturated rings. The summed E-state index contributed by atoms with van der Waals surface area (Å²) in [6.45, 7) is -0.685. The maximum atomic E-state index is 13.7. The fourth-order valence-corrected chi connectivity index (χ4v) is 5.76. The molecule has 0 radical (unpaired) electrons. The van der Waals surface area contributed by atoms with E-state index in [1.165, 1.54) is 24.3 Å². The molecule has 0 unspecified atom stereocenters. The van der Waals surface area contributed by atoms with Crippen LogP contribution in [0.15, 0.2) is 41.3 Å². The zero-order valence-electron chi connectivity index (χ0n) is 16.1. The lowest BCUT2D eigenvalue weighted by atomic mass is 10.1. The molecule has 6 nitrogen and oxygen atoms in total. The van der Waals surface area contributed by atoms with Gasteiger partial charge in [-0.1, -0.05) is 24.4 Å². The van der Waals surface area contributed by atoms with Gasteiger partial charge in [-0.05, 0) is 49.2 Å². The summed E-state index contributed by atoms with van der Waals surface area (Å²) in [6, 6.07) is 6.89. The Kier molecular flexibility index (Phi) is 6.61. The Bertz CT molecular complexity index is 1120. The second kappa shape index (κ2) is 8.88. The molecule has 1 saturated carbocycles. The molecule has 1 aliphatic carbocycles. The molecule has 31 heavy (non-hydrogen) atoms. The van der Waals surface area contributed by atoms with Crippen LogP contribution < -0.4 is 10.6 Å². The summed E-state index contributed by atoms with van der Waals surface area (Å²) >= 11 is 5.81. The first-order valence-corrected chi connectivity index (χ1v) is 11.2. The van der Waals surface area contributed by atoms with E-state index < -0.39 is 56.1 Å². The highest BCUT2D eigenvalue weighted by atomic mass is 35.5. The number of hydrogen-bond donors (Lipinski definition) is 2. The summed E-state index contributed by atoms with van der Waals surface area (Å²) < 4.78 is 64.7. The van der Waals surface area contributed by atoms with E-state index in [4.69, 9.17) is 11.6 Å². The predicted molar refractivity (Wildman–Crippen MR) is 108 cm³/mol. The first kappa shape index (κ1) is 23.1. The van der Waals surface area contributed by atoms with E-state index in [9.17, 15) is 31.2 Å². The lowest BCUT2D eigenvalue weighted by Crippen LogP contribution is -2.52. The number of halogens is 4. The summed E-state index contributed by atoms with van der Waals surface area (Å²) in [7, 11) is -4.09. The fourth-order valence-electron chi connectivity index (χ4n) is 3.54. The molecule has 3 rings (SSSR count). The monoisotopic (exact) mass is 474 g/mol. The number of nitrogens with one attached hydrogen (secondary N) is 2. The summed E-state index contributed by atoms with van der Waals surface area (Å²) in [6.07, 6.45) is 1.16. The zero-order chi connectivity index (χ0) is 22.8. The molecule has 0 aliphatic heterocycles. The van der Waals surface area contributed by atoms with E-state index in [1.54, 1.807) is 0 Å². The Labute approximate surface area is 181 Å². The molecule has 166 valence electrons. The van der Waals surface area contributed by atoms with Crippen molar-refractivity contribution >= 4 is 38.9 Å². The van der Waals surface area contributed by atoms with Crippen molar-refractivity contribution in [2.24, 2.45) is 0 Å². The second-order valence-corrected chi connectivity index (χ2v) is 9.81. The van der Waals surface area contributed by atoms with E-state index in [1.807, 2.05) is 5.32 Å². The molecule has 0 spiro atoms. The minimum absolute atomic E-state index is 0.0674. The van der Waals surface area contributed by atoms with Gasteiger partial charge in [0.15, 0.2) is 32.0 Å². The molecule has 11 heteroatoms. The van der Waals surface area contributed by atoms with Gasteiger partial charge < -0.3 is 10.6 Å². The average molecular weight is 475 g/mol. The van der Waals surface area contributed by atoms with Gasteiger partial charge in [0, 0.05) is 5.02 Å². The van der Waals surface area contributed by atoms with Crippen LogP contribution in [-0.2, 0) is 19.4 Å². The molecule has 0 heterocycles. The number of hydrogen-bond acceptors (Lipinski definition) is 4. The lowest BCUT2D eigenvalue weighted by molar-refractivity contribution is -0.126. The van der Waals surface area contributed by atoms with Crippen molar-refractivity contribution in [1.82, 2.24) is 5.32 Å². The van der Waals surface area contributed by atoms with Gasteiger partial charge in [0.25, 0.3) is 0 Å². The van der Waals surface area contributed by atoms with Crippen LogP contribution >= 0.6 is 11.6 Å². The van der Waals surface area contributed by atoms with E-state index in [-0.39, 0.29) is 17.7 Å². The highest BCUT2D eigenvalue weighted by Gasteiger charge is 2.52. The Morgan fingerprint density at radius 1 is 0.968 bits per heavy atom. The minimum Gasteiger partial charge on any atom is -0.346 e. The first-order chi connectivity index (χ1) is 14.6. The van der Waals surface area contributed by atoms with Crippen molar-refractivity contribution < 1.29 is 31.2 Å². The van der Waals surface area contributed by atoms with Crippen molar-refractivity contribution in [2.75, 3.05) is 11.9 Å². The molecule has 0 atom stereocenters. The van der Waals surface area contributed by atoms with Gasteiger partial charge in [0.1, 0.15) is 0 Å². The van der Waals surface area contributed by atoms with Crippen molar-refractivity contribution in [1.29, 1.82) is 0 Å². The van der Waals surface area contributed by atoms with Gasteiger partial charge in [0.05, 0.1) is 17.1 Å². The lowest BCUT2D eigenvalue weighted by Gasteiger charge is -2.27. The normalized spacial score (nSPS) is 15.5. The Morgan fingerprint density at radius 2 is 1.58 bits per heavy atom. The highest BCUT2D eigenvalue weighted by molar-refractivity contribution is 7.93. The predicted octanol–water partition coefficient (Wildman–Crippen LogP) is 3.60. The third-order valence-corrected chi connectivity index (χ3v) is 7.95. The van der Waals surface area contributed by atoms with E-state index in [0.717, 1.165) is 6.07 Å². The standard InChI is InChI=1S/C20H18ClF3N2O4S/c21-12-3-5-13(6-4-12)31(29,30)20(9-1-2-10-20)19(28)25-11-16(27)26-15-8-7-14(22)17(23)18(15)24/h3-8H,1-2,9-11H2,(H,25,28)(H,26,27). The van der Waals surface area contributed by atoms with Gasteiger partial charge in [-0.2, -0.15) is 0 Å². The molecule has 1 aliphatic rings. The van der Waals surface area contributed by atoms with Gasteiger partial charge in [0.2, 0.25) is 11.8 Å². The van der Waals surface area contributed by atoms with Crippen LogP contribution in [0, 0.1) is 17.5 Å². The van der Waals surface area contributed by atoms with Crippen LogP contribution in [-0.4, -0.2) is 31.5 Å². The van der Waals surface area contributed by atoms with E-state index >= 15 is 0 Å². The quantitative estimate of drug-likeness (QED) is 0.626. The maximum Gasteiger partial charge on any atom is 0.243 e. The molecule has 0 bridgehead atoms.